The lowest BCUT2D eigenvalue weighted by Crippen LogP contribution is -2.50. The van der Waals surface area contributed by atoms with Crippen molar-refractivity contribution >= 4 is 11.6 Å². The zero-order chi connectivity index (χ0) is 15.5. The van der Waals surface area contributed by atoms with E-state index in [0.717, 1.165) is 39.0 Å². The van der Waals surface area contributed by atoms with Gasteiger partial charge >= 0.3 is 0 Å². The van der Waals surface area contributed by atoms with Crippen molar-refractivity contribution in [2.24, 2.45) is 5.92 Å². The lowest BCUT2D eigenvalue weighted by atomic mass is 9.94. The fraction of sp³-hybridized carbons (Fsp3) is 0.647. The number of halogens is 1. The molecule has 4 nitrogen and oxygen atoms in total. The molecule has 1 heterocycles. The topological polar surface area (TPSA) is 41.9 Å². The van der Waals surface area contributed by atoms with Gasteiger partial charge in [0.25, 0.3) is 0 Å². The molecule has 0 aromatic heterocycles. The van der Waals surface area contributed by atoms with Crippen LogP contribution in [0.25, 0.3) is 0 Å². The number of hydrogen-bond acceptors (Lipinski definition) is 4. The molecule has 0 radical (unpaired) electrons. The van der Waals surface area contributed by atoms with Crippen LogP contribution in [0.1, 0.15) is 24.8 Å². The van der Waals surface area contributed by atoms with Crippen LogP contribution in [0.5, 0.6) is 5.75 Å². The minimum Gasteiger partial charge on any atom is -0.495 e. The number of nitrogens with zero attached hydrogens (tertiary/aromatic N) is 1. The third kappa shape index (κ3) is 3.40. The molecular formula is C17H24ClNO3. The molecule has 122 valence electrons. The van der Waals surface area contributed by atoms with Gasteiger partial charge in [-0.1, -0.05) is 24.1 Å². The van der Waals surface area contributed by atoms with E-state index >= 15 is 0 Å². The highest BCUT2D eigenvalue weighted by molar-refractivity contribution is 6.32. The van der Waals surface area contributed by atoms with Crippen molar-refractivity contribution < 1.29 is 14.6 Å². The smallest absolute Gasteiger partial charge is 0.137 e. The van der Waals surface area contributed by atoms with Gasteiger partial charge in [-0.25, -0.2) is 0 Å². The van der Waals surface area contributed by atoms with Crippen LogP contribution in [0.3, 0.4) is 0 Å². The van der Waals surface area contributed by atoms with Crippen LogP contribution >= 0.6 is 11.6 Å². The molecule has 2 fully saturated rings. The molecule has 5 heteroatoms. The molecule has 1 saturated carbocycles. The Morgan fingerprint density at radius 3 is 2.95 bits per heavy atom. The van der Waals surface area contributed by atoms with Crippen LogP contribution in [0.15, 0.2) is 18.2 Å². The van der Waals surface area contributed by atoms with E-state index in [2.05, 4.69) is 11.0 Å². The number of methoxy groups -OCH3 is 1. The number of aliphatic hydroxyl groups is 1. The van der Waals surface area contributed by atoms with Gasteiger partial charge in [-0.3, -0.25) is 4.90 Å². The predicted octanol–water partition coefficient (Wildman–Crippen LogP) is 2.71. The Hall–Kier alpha value is -0.810. The Bertz CT molecular complexity index is 511. The Morgan fingerprint density at radius 2 is 2.27 bits per heavy atom. The van der Waals surface area contributed by atoms with Crippen LogP contribution in [0.4, 0.5) is 0 Å². The second-order valence-corrected chi connectivity index (χ2v) is 6.65. The van der Waals surface area contributed by atoms with Crippen LogP contribution in [-0.2, 0) is 11.3 Å². The molecule has 2 aliphatic rings. The quantitative estimate of drug-likeness (QED) is 0.924. The van der Waals surface area contributed by atoms with Crippen LogP contribution in [0.2, 0.25) is 5.02 Å². The molecule has 0 unspecified atom stereocenters. The molecule has 1 aliphatic carbocycles. The second-order valence-electron chi connectivity index (χ2n) is 6.24. The van der Waals surface area contributed by atoms with Gasteiger partial charge < -0.3 is 14.6 Å². The monoisotopic (exact) mass is 325 g/mol. The van der Waals surface area contributed by atoms with Crippen LogP contribution in [0, 0.1) is 5.92 Å². The van der Waals surface area contributed by atoms with E-state index in [4.69, 9.17) is 21.1 Å². The molecule has 1 aromatic carbocycles. The molecule has 1 N–H and O–H groups in total. The minimum absolute atomic E-state index is 0.186. The van der Waals surface area contributed by atoms with E-state index < -0.39 is 0 Å². The van der Waals surface area contributed by atoms with Crippen molar-refractivity contribution in [3.8, 4) is 5.75 Å². The molecule has 0 spiro atoms. The summed E-state index contributed by atoms with van der Waals surface area (Å²) in [6.07, 6.45) is 2.94. The van der Waals surface area contributed by atoms with Gasteiger partial charge in [0.05, 0.1) is 31.5 Å². The summed E-state index contributed by atoms with van der Waals surface area (Å²) >= 11 is 6.23. The SMILES string of the molecule is COc1ccc(CN2CCOC[C@@H]2[C@@H]2CCC[C@H]2O)cc1Cl. The van der Waals surface area contributed by atoms with E-state index in [1.165, 1.54) is 5.56 Å². The molecule has 0 bridgehead atoms. The number of morpholine rings is 1. The number of rotatable bonds is 4. The lowest BCUT2D eigenvalue weighted by molar-refractivity contribution is -0.0536. The Kier molecular flexibility index (Phi) is 5.24. The zero-order valence-corrected chi connectivity index (χ0v) is 13.8. The maximum atomic E-state index is 10.2. The van der Waals surface area contributed by atoms with Gasteiger partial charge in [0.1, 0.15) is 5.75 Å². The van der Waals surface area contributed by atoms with Gasteiger partial charge in [-0.15, -0.1) is 0 Å². The van der Waals surface area contributed by atoms with Gasteiger partial charge in [0.15, 0.2) is 0 Å². The number of benzene rings is 1. The third-order valence-electron chi connectivity index (χ3n) is 4.91. The average molecular weight is 326 g/mol. The van der Waals surface area contributed by atoms with E-state index in [1.54, 1.807) is 7.11 Å². The Morgan fingerprint density at radius 1 is 1.41 bits per heavy atom. The van der Waals surface area contributed by atoms with Crippen molar-refractivity contribution in [2.75, 3.05) is 26.9 Å². The molecule has 0 amide bonds. The standard InChI is InChI=1S/C17H24ClNO3/c1-21-17-6-5-12(9-14(17)18)10-19-7-8-22-11-15(19)13-3-2-4-16(13)20/h5-6,9,13,15-16,20H,2-4,7-8,10-11H2,1H3/t13-,15+,16+/m0/s1. The number of hydrogen-bond donors (Lipinski definition) is 1. The fourth-order valence-electron chi connectivity index (χ4n) is 3.71. The first kappa shape index (κ1) is 16.1. The van der Waals surface area contributed by atoms with Crippen molar-refractivity contribution in [1.82, 2.24) is 4.90 Å². The molecule has 22 heavy (non-hydrogen) atoms. The van der Waals surface area contributed by atoms with E-state index in [9.17, 15) is 5.11 Å². The molecule has 3 rings (SSSR count). The summed E-state index contributed by atoms with van der Waals surface area (Å²) in [6, 6.07) is 6.24. The molecule has 1 saturated heterocycles. The van der Waals surface area contributed by atoms with Gasteiger partial charge in [0, 0.05) is 25.0 Å². The number of ether oxygens (including phenoxy) is 2. The Labute approximate surface area is 137 Å². The highest BCUT2D eigenvalue weighted by Crippen LogP contribution is 2.33. The first-order valence-corrected chi connectivity index (χ1v) is 8.39. The fourth-order valence-corrected chi connectivity index (χ4v) is 3.99. The number of aliphatic hydroxyl groups excluding tert-OH is 1. The average Bonchev–Trinajstić information content (AvgIpc) is 2.94. The normalized spacial score (nSPS) is 29.7. The molecule has 1 aliphatic heterocycles. The summed E-state index contributed by atoms with van der Waals surface area (Å²) in [7, 11) is 1.63. The van der Waals surface area contributed by atoms with Gasteiger partial charge in [-0.2, -0.15) is 0 Å². The summed E-state index contributed by atoms with van der Waals surface area (Å²) in [4.78, 5) is 2.43. The van der Waals surface area contributed by atoms with Crippen molar-refractivity contribution in [3.63, 3.8) is 0 Å². The summed E-state index contributed by atoms with van der Waals surface area (Å²) < 4.78 is 10.9. The highest BCUT2D eigenvalue weighted by atomic mass is 35.5. The lowest BCUT2D eigenvalue weighted by Gasteiger charge is -2.40. The third-order valence-corrected chi connectivity index (χ3v) is 5.20. The zero-order valence-electron chi connectivity index (χ0n) is 13.0. The van der Waals surface area contributed by atoms with Crippen LogP contribution < -0.4 is 4.74 Å². The van der Waals surface area contributed by atoms with Crippen molar-refractivity contribution in [1.29, 1.82) is 0 Å². The van der Waals surface area contributed by atoms with E-state index in [1.807, 2.05) is 12.1 Å². The summed E-state index contributed by atoms with van der Waals surface area (Å²) in [5, 5.41) is 10.9. The largest absolute Gasteiger partial charge is 0.495 e. The highest BCUT2D eigenvalue weighted by Gasteiger charge is 2.37. The van der Waals surface area contributed by atoms with Crippen molar-refractivity contribution in [3.05, 3.63) is 28.8 Å². The summed E-state index contributed by atoms with van der Waals surface area (Å²) in [5.41, 5.74) is 1.17. The summed E-state index contributed by atoms with van der Waals surface area (Å²) in [6.45, 7) is 3.20. The van der Waals surface area contributed by atoms with Gasteiger partial charge in [-0.05, 0) is 30.5 Å². The van der Waals surface area contributed by atoms with E-state index in [0.29, 0.717) is 29.3 Å². The first-order valence-electron chi connectivity index (χ1n) is 8.01. The molecular weight excluding hydrogens is 302 g/mol. The van der Waals surface area contributed by atoms with E-state index in [-0.39, 0.29) is 6.10 Å². The van der Waals surface area contributed by atoms with Gasteiger partial charge in [0.2, 0.25) is 0 Å². The predicted molar refractivity (Wildman–Crippen MR) is 86.4 cm³/mol. The molecule has 3 atom stereocenters. The van der Waals surface area contributed by atoms with Crippen LogP contribution in [-0.4, -0.2) is 49.0 Å². The second kappa shape index (κ2) is 7.18. The Balaban J connectivity index is 1.72. The minimum atomic E-state index is -0.186. The molecule has 1 aromatic rings. The maximum Gasteiger partial charge on any atom is 0.137 e. The maximum absolute atomic E-state index is 10.2. The summed E-state index contributed by atoms with van der Waals surface area (Å²) in [5.74, 6) is 1.03. The first-order chi connectivity index (χ1) is 10.7. The van der Waals surface area contributed by atoms with Crippen molar-refractivity contribution in [2.45, 2.75) is 38.0 Å².